The zero-order valence-corrected chi connectivity index (χ0v) is 15.3. The number of benzene rings is 2. The molecule has 1 N–H and O–H groups in total. The molecule has 0 bridgehead atoms. The van der Waals surface area contributed by atoms with Crippen LogP contribution in [0.5, 0.6) is 11.5 Å². The Morgan fingerprint density at radius 3 is 2.50 bits per heavy atom. The van der Waals surface area contributed by atoms with E-state index in [4.69, 9.17) is 9.47 Å². The van der Waals surface area contributed by atoms with Gasteiger partial charge in [-0.05, 0) is 45.0 Å². The second-order valence-electron chi connectivity index (χ2n) is 6.22. The maximum Gasteiger partial charge on any atom is 0.205 e. The van der Waals surface area contributed by atoms with Crippen molar-refractivity contribution in [2.75, 3.05) is 7.11 Å². The monoisotopic (exact) mass is 351 g/mol. The molecule has 0 saturated carbocycles. The van der Waals surface area contributed by atoms with Gasteiger partial charge in [-0.2, -0.15) is 0 Å². The van der Waals surface area contributed by atoms with Gasteiger partial charge < -0.3 is 14.5 Å². The van der Waals surface area contributed by atoms with Crippen molar-refractivity contribution >= 4 is 22.5 Å². The summed E-state index contributed by atoms with van der Waals surface area (Å²) in [6.45, 7) is 5.07. The molecule has 1 heterocycles. The van der Waals surface area contributed by atoms with Crippen LogP contribution in [0, 0.1) is 6.92 Å². The first-order chi connectivity index (χ1) is 12.4. The highest BCUT2D eigenvalue weighted by atomic mass is 16.5. The Kier molecular flexibility index (Phi) is 4.80. The molecule has 0 fully saturated rings. The lowest BCUT2D eigenvalue weighted by Crippen LogP contribution is -2.24. The third-order valence-corrected chi connectivity index (χ3v) is 4.38. The number of methoxy groups -OCH3 is 1. The summed E-state index contributed by atoms with van der Waals surface area (Å²) in [7, 11) is 1.50. The van der Waals surface area contributed by atoms with Crippen molar-refractivity contribution in [2.45, 2.75) is 26.9 Å². The Hall–Kier alpha value is -3.08. The van der Waals surface area contributed by atoms with Crippen LogP contribution in [0.4, 0.5) is 0 Å². The number of fused-ring (bicyclic) bond motifs is 1. The molecule has 0 saturated heterocycles. The number of nitrogens with one attached hydrogen (secondary N) is 1. The third kappa shape index (κ3) is 3.20. The highest BCUT2D eigenvalue weighted by Crippen LogP contribution is 2.30. The second kappa shape index (κ2) is 7.04. The molecule has 5 heteroatoms. The zero-order chi connectivity index (χ0) is 18.8. The van der Waals surface area contributed by atoms with Gasteiger partial charge in [0, 0.05) is 27.7 Å². The van der Waals surface area contributed by atoms with Gasteiger partial charge in [0.15, 0.2) is 23.4 Å². The number of aryl methyl sites for hydroxylation is 1. The molecule has 0 radical (unpaired) electrons. The van der Waals surface area contributed by atoms with Gasteiger partial charge >= 0.3 is 0 Å². The van der Waals surface area contributed by atoms with Crippen LogP contribution in [0.15, 0.2) is 42.5 Å². The van der Waals surface area contributed by atoms with Crippen LogP contribution in [-0.4, -0.2) is 29.8 Å². The van der Waals surface area contributed by atoms with E-state index in [1.165, 1.54) is 14.0 Å². The van der Waals surface area contributed by atoms with E-state index in [-0.39, 0.29) is 11.6 Å². The zero-order valence-electron chi connectivity index (χ0n) is 15.3. The van der Waals surface area contributed by atoms with Crippen molar-refractivity contribution in [3.05, 3.63) is 59.3 Å². The molecule has 134 valence electrons. The first-order valence-electron chi connectivity index (χ1n) is 8.39. The van der Waals surface area contributed by atoms with Gasteiger partial charge in [0.1, 0.15) is 0 Å². The summed E-state index contributed by atoms with van der Waals surface area (Å²) in [5.74, 6) is 0.676. The maximum atomic E-state index is 13.0. The first kappa shape index (κ1) is 17.7. The Bertz CT molecular complexity index is 987. The molecule has 26 heavy (non-hydrogen) atoms. The lowest BCUT2D eigenvalue weighted by molar-refractivity contribution is 0.0814. The summed E-state index contributed by atoms with van der Waals surface area (Å²) in [4.78, 5) is 27.7. The van der Waals surface area contributed by atoms with E-state index in [1.54, 1.807) is 25.1 Å². The van der Waals surface area contributed by atoms with Crippen LogP contribution in [0.3, 0.4) is 0 Å². The van der Waals surface area contributed by atoms with Gasteiger partial charge in [-0.3, -0.25) is 9.59 Å². The molecule has 3 aromatic rings. The summed E-state index contributed by atoms with van der Waals surface area (Å²) >= 11 is 0. The number of aromatic nitrogens is 1. The summed E-state index contributed by atoms with van der Waals surface area (Å²) in [6.07, 6.45) is -0.704. The Morgan fingerprint density at radius 1 is 1.08 bits per heavy atom. The van der Waals surface area contributed by atoms with Crippen LogP contribution < -0.4 is 9.47 Å². The minimum atomic E-state index is -0.704. The minimum Gasteiger partial charge on any atom is -0.493 e. The van der Waals surface area contributed by atoms with Crippen molar-refractivity contribution in [1.29, 1.82) is 0 Å². The Balaban J connectivity index is 1.90. The predicted molar refractivity (Wildman–Crippen MR) is 100 cm³/mol. The number of ketones is 2. The van der Waals surface area contributed by atoms with Gasteiger partial charge in [-0.15, -0.1) is 0 Å². The highest BCUT2D eigenvalue weighted by molar-refractivity contribution is 6.11. The molecular formula is C21H21NO4. The third-order valence-electron chi connectivity index (χ3n) is 4.38. The number of ether oxygens (including phenoxy) is 2. The largest absolute Gasteiger partial charge is 0.493 e. The van der Waals surface area contributed by atoms with E-state index in [0.29, 0.717) is 22.6 Å². The molecule has 0 aliphatic rings. The minimum absolute atomic E-state index is 0.0617. The van der Waals surface area contributed by atoms with Gasteiger partial charge in [0.05, 0.1) is 7.11 Å². The van der Waals surface area contributed by atoms with Crippen LogP contribution in [-0.2, 0) is 0 Å². The van der Waals surface area contributed by atoms with Crippen LogP contribution in [0.1, 0.15) is 40.3 Å². The van der Waals surface area contributed by atoms with Crippen LogP contribution in [0.25, 0.3) is 10.9 Å². The lowest BCUT2D eigenvalue weighted by atomic mass is 10.0. The van der Waals surface area contributed by atoms with E-state index in [0.717, 1.165) is 16.6 Å². The number of H-pyrrole nitrogens is 1. The van der Waals surface area contributed by atoms with E-state index >= 15 is 0 Å². The fourth-order valence-corrected chi connectivity index (χ4v) is 3.03. The number of aromatic amines is 1. The molecule has 1 aromatic heterocycles. The fourth-order valence-electron chi connectivity index (χ4n) is 3.03. The van der Waals surface area contributed by atoms with Crippen LogP contribution >= 0.6 is 0 Å². The quantitative estimate of drug-likeness (QED) is 0.671. The number of hydrogen-bond donors (Lipinski definition) is 1. The van der Waals surface area contributed by atoms with Crippen molar-refractivity contribution in [2.24, 2.45) is 0 Å². The van der Waals surface area contributed by atoms with Crippen molar-refractivity contribution in [3.8, 4) is 11.5 Å². The summed E-state index contributed by atoms with van der Waals surface area (Å²) < 4.78 is 11.2. The van der Waals surface area contributed by atoms with Crippen molar-refractivity contribution < 1.29 is 19.1 Å². The lowest BCUT2D eigenvalue weighted by Gasteiger charge is -2.17. The summed E-state index contributed by atoms with van der Waals surface area (Å²) in [5.41, 5.74) is 2.89. The topological polar surface area (TPSA) is 68.4 Å². The number of carbonyl (C=O) groups is 2. The molecule has 0 spiro atoms. The van der Waals surface area contributed by atoms with Crippen molar-refractivity contribution in [1.82, 2.24) is 4.98 Å². The standard InChI is InChI=1S/C21H21NO4/c1-12-20(16-7-5-6-8-17(16)22-12)21(24)14(3)26-18-10-9-15(13(2)23)11-19(18)25-4/h5-11,14,22H,1-4H3/t14-/m0/s1. The van der Waals surface area contributed by atoms with Gasteiger partial charge in [0.25, 0.3) is 0 Å². The number of carbonyl (C=O) groups excluding carboxylic acids is 2. The molecule has 2 aromatic carbocycles. The molecular weight excluding hydrogens is 330 g/mol. The first-order valence-corrected chi connectivity index (χ1v) is 8.39. The SMILES string of the molecule is COc1cc(C(C)=O)ccc1O[C@@H](C)C(=O)c1c(C)[nH]c2ccccc12. The molecule has 3 rings (SSSR count). The molecule has 0 aliphatic heterocycles. The van der Waals surface area contributed by atoms with E-state index in [2.05, 4.69) is 4.98 Å². The van der Waals surface area contributed by atoms with Gasteiger partial charge in [-0.1, -0.05) is 18.2 Å². The molecule has 0 aliphatic carbocycles. The Labute approximate surface area is 151 Å². The normalized spacial score (nSPS) is 12.0. The molecule has 0 amide bonds. The molecule has 5 nitrogen and oxygen atoms in total. The predicted octanol–water partition coefficient (Wildman–Crippen LogP) is 4.34. The molecule has 1 atom stereocenters. The second-order valence-corrected chi connectivity index (χ2v) is 6.22. The van der Waals surface area contributed by atoms with Gasteiger partial charge in [-0.25, -0.2) is 0 Å². The summed E-state index contributed by atoms with van der Waals surface area (Å²) in [5, 5.41) is 0.879. The Morgan fingerprint density at radius 2 is 1.81 bits per heavy atom. The van der Waals surface area contributed by atoms with E-state index < -0.39 is 6.10 Å². The number of hydrogen-bond acceptors (Lipinski definition) is 4. The molecule has 0 unspecified atom stereocenters. The fraction of sp³-hybridized carbons (Fsp3) is 0.238. The average molecular weight is 351 g/mol. The number of para-hydroxylation sites is 1. The number of rotatable bonds is 6. The average Bonchev–Trinajstić information content (AvgIpc) is 2.96. The van der Waals surface area contributed by atoms with Crippen molar-refractivity contribution in [3.63, 3.8) is 0 Å². The van der Waals surface area contributed by atoms with Gasteiger partial charge in [0.2, 0.25) is 5.78 Å². The smallest absolute Gasteiger partial charge is 0.205 e. The van der Waals surface area contributed by atoms with E-state index in [9.17, 15) is 9.59 Å². The maximum absolute atomic E-state index is 13.0. The summed E-state index contributed by atoms with van der Waals surface area (Å²) in [6, 6.07) is 12.6. The number of Topliss-reactive ketones (excluding diaryl/α,β-unsaturated/α-hetero) is 2. The van der Waals surface area contributed by atoms with Crippen LogP contribution in [0.2, 0.25) is 0 Å². The van der Waals surface area contributed by atoms with E-state index in [1.807, 2.05) is 31.2 Å². The highest BCUT2D eigenvalue weighted by Gasteiger charge is 2.24.